The first kappa shape index (κ1) is 17.8. The van der Waals surface area contributed by atoms with Gasteiger partial charge in [0.2, 0.25) is 0 Å². The van der Waals surface area contributed by atoms with E-state index in [0.29, 0.717) is 12.2 Å². The van der Waals surface area contributed by atoms with Crippen LogP contribution in [0.25, 0.3) is 0 Å². The average molecular weight is 308 g/mol. The number of carboxylic acid groups (broad SMARTS) is 2. The van der Waals surface area contributed by atoms with E-state index in [1.807, 2.05) is 25.1 Å². The van der Waals surface area contributed by atoms with Gasteiger partial charge in [-0.2, -0.15) is 0 Å². The molecule has 0 heterocycles. The number of carbonyl (C=O) groups is 2. The Hall–Kier alpha value is -2.22. The number of rotatable bonds is 4. The summed E-state index contributed by atoms with van der Waals surface area (Å²) in [5.41, 5.74) is 2.25. The van der Waals surface area contributed by atoms with Crippen molar-refractivity contribution in [1.29, 1.82) is 0 Å². The zero-order chi connectivity index (χ0) is 16.7. The number of hydrogen-bond donors (Lipinski definition) is 4. The first-order valence-corrected chi connectivity index (χ1v) is 6.78. The van der Waals surface area contributed by atoms with Gasteiger partial charge in [0.1, 0.15) is 0 Å². The molecule has 0 aromatic heterocycles. The smallest absolute Gasteiger partial charge is 0.328 e. The Morgan fingerprint density at radius 2 is 1.82 bits per heavy atom. The summed E-state index contributed by atoms with van der Waals surface area (Å²) in [6.45, 7) is 2.76. The molecular formula is C15H20N2O5. The molecule has 1 aromatic carbocycles. The van der Waals surface area contributed by atoms with E-state index in [0.717, 1.165) is 18.5 Å². The monoisotopic (exact) mass is 308 g/mol. The SMILES string of the molecule is CCN(N)C1Cc2ccccc2C1O.O=C(O)/C=C\C(=O)O. The van der Waals surface area contributed by atoms with E-state index in [4.69, 9.17) is 16.1 Å². The summed E-state index contributed by atoms with van der Waals surface area (Å²) in [5.74, 6) is 3.31. The van der Waals surface area contributed by atoms with E-state index in [1.54, 1.807) is 5.01 Å². The van der Waals surface area contributed by atoms with Crippen LogP contribution in [-0.2, 0) is 16.0 Å². The van der Waals surface area contributed by atoms with Crippen molar-refractivity contribution in [3.63, 3.8) is 0 Å². The predicted molar refractivity (Wildman–Crippen MR) is 79.9 cm³/mol. The highest BCUT2D eigenvalue weighted by Gasteiger charge is 2.32. The standard InChI is InChI=1S/C11H16N2O.C4H4O4/c1-2-13(12)10-7-8-5-3-4-6-9(8)11(10)14;5-3(6)1-2-4(7)8/h3-6,10-11,14H,2,7,12H2,1H3;1-2H,(H,5,6)(H,7,8)/b;2-1-. The van der Waals surface area contributed by atoms with E-state index in [2.05, 4.69) is 6.07 Å². The Bertz CT molecular complexity index is 543. The Morgan fingerprint density at radius 1 is 1.27 bits per heavy atom. The van der Waals surface area contributed by atoms with Crippen molar-refractivity contribution in [3.8, 4) is 0 Å². The zero-order valence-corrected chi connectivity index (χ0v) is 12.2. The number of benzene rings is 1. The van der Waals surface area contributed by atoms with Crippen LogP contribution in [0, 0.1) is 0 Å². The van der Waals surface area contributed by atoms with Gasteiger partial charge in [-0.1, -0.05) is 31.2 Å². The van der Waals surface area contributed by atoms with E-state index >= 15 is 0 Å². The molecule has 0 saturated carbocycles. The summed E-state index contributed by atoms with van der Waals surface area (Å²) in [6, 6.07) is 8.03. The molecule has 1 aromatic rings. The number of likely N-dealkylation sites (N-methyl/N-ethyl adjacent to an activating group) is 1. The number of nitrogens with zero attached hydrogens (tertiary/aromatic N) is 1. The van der Waals surface area contributed by atoms with Crippen LogP contribution < -0.4 is 5.84 Å². The van der Waals surface area contributed by atoms with Crippen LogP contribution >= 0.6 is 0 Å². The highest BCUT2D eigenvalue weighted by atomic mass is 16.4. The highest BCUT2D eigenvalue weighted by Crippen LogP contribution is 2.32. The molecule has 1 aliphatic rings. The zero-order valence-electron chi connectivity index (χ0n) is 12.2. The van der Waals surface area contributed by atoms with Gasteiger partial charge in [0, 0.05) is 18.7 Å². The number of aliphatic carboxylic acids is 2. The number of hydrazine groups is 1. The van der Waals surface area contributed by atoms with E-state index < -0.39 is 18.0 Å². The van der Waals surface area contributed by atoms with Crippen molar-refractivity contribution >= 4 is 11.9 Å². The maximum atomic E-state index is 10.0. The van der Waals surface area contributed by atoms with Crippen LogP contribution in [0.4, 0.5) is 0 Å². The molecule has 22 heavy (non-hydrogen) atoms. The van der Waals surface area contributed by atoms with Crippen molar-refractivity contribution in [2.75, 3.05) is 6.54 Å². The molecule has 0 bridgehead atoms. The van der Waals surface area contributed by atoms with Gasteiger partial charge in [-0.25, -0.2) is 14.6 Å². The topological polar surface area (TPSA) is 124 Å². The Labute approximate surface area is 128 Å². The van der Waals surface area contributed by atoms with Crippen molar-refractivity contribution in [2.24, 2.45) is 5.84 Å². The second-order valence-electron chi connectivity index (χ2n) is 4.76. The van der Waals surface area contributed by atoms with E-state index in [9.17, 15) is 14.7 Å². The molecular weight excluding hydrogens is 288 g/mol. The van der Waals surface area contributed by atoms with Crippen LogP contribution in [0.2, 0.25) is 0 Å². The molecule has 2 rings (SSSR count). The van der Waals surface area contributed by atoms with Crippen LogP contribution in [0.1, 0.15) is 24.2 Å². The summed E-state index contributed by atoms with van der Waals surface area (Å²) in [6.07, 6.45) is 1.53. The first-order valence-electron chi connectivity index (χ1n) is 6.78. The molecule has 7 nitrogen and oxygen atoms in total. The number of nitrogens with two attached hydrogens (primary N) is 1. The molecule has 0 aliphatic heterocycles. The number of fused-ring (bicyclic) bond motifs is 1. The lowest BCUT2D eigenvalue weighted by Gasteiger charge is -2.24. The molecule has 2 unspecified atom stereocenters. The van der Waals surface area contributed by atoms with Gasteiger partial charge in [-0.3, -0.25) is 5.84 Å². The Balaban J connectivity index is 0.000000261. The fraction of sp³-hybridized carbons (Fsp3) is 0.333. The molecule has 7 heteroatoms. The van der Waals surface area contributed by atoms with Crippen LogP contribution in [0.5, 0.6) is 0 Å². The van der Waals surface area contributed by atoms with E-state index in [1.165, 1.54) is 5.56 Å². The summed E-state index contributed by atoms with van der Waals surface area (Å²) < 4.78 is 0. The molecule has 120 valence electrons. The van der Waals surface area contributed by atoms with Crippen molar-refractivity contribution in [3.05, 3.63) is 47.5 Å². The summed E-state index contributed by atoms with van der Waals surface area (Å²) in [4.78, 5) is 19.1. The van der Waals surface area contributed by atoms with Gasteiger partial charge >= 0.3 is 11.9 Å². The quantitative estimate of drug-likeness (QED) is 0.364. The third-order valence-electron chi connectivity index (χ3n) is 3.33. The lowest BCUT2D eigenvalue weighted by molar-refractivity contribution is -0.134. The molecule has 0 spiro atoms. The average Bonchev–Trinajstić information content (AvgIpc) is 2.83. The van der Waals surface area contributed by atoms with Gasteiger partial charge in [0.15, 0.2) is 0 Å². The minimum absolute atomic E-state index is 0.0393. The minimum Gasteiger partial charge on any atom is -0.478 e. The normalized spacial score (nSPS) is 19.6. The van der Waals surface area contributed by atoms with Gasteiger partial charge in [0.25, 0.3) is 0 Å². The lowest BCUT2D eigenvalue weighted by Crippen LogP contribution is -2.43. The van der Waals surface area contributed by atoms with Gasteiger partial charge in [0.05, 0.1) is 12.1 Å². The summed E-state index contributed by atoms with van der Waals surface area (Å²) >= 11 is 0. The second kappa shape index (κ2) is 8.28. The molecule has 0 amide bonds. The fourth-order valence-electron chi connectivity index (χ4n) is 2.23. The summed E-state index contributed by atoms with van der Waals surface area (Å²) in [7, 11) is 0. The third kappa shape index (κ3) is 4.96. The number of carboxylic acids is 2. The Morgan fingerprint density at radius 3 is 2.27 bits per heavy atom. The number of aliphatic hydroxyl groups excluding tert-OH is 1. The lowest BCUT2D eigenvalue weighted by atomic mass is 10.1. The molecule has 0 fully saturated rings. The Kier molecular flexibility index (Phi) is 6.71. The van der Waals surface area contributed by atoms with Crippen molar-refractivity contribution < 1.29 is 24.9 Å². The summed E-state index contributed by atoms with van der Waals surface area (Å²) in [5, 5.41) is 27.4. The van der Waals surface area contributed by atoms with Gasteiger partial charge in [-0.05, 0) is 17.5 Å². The largest absolute Gasteiger partial charge is 0.478 e. The van der Waals surface area contributed by atoms with E-state index in [-0.39, 0.29) is 6.04 Å². The van der Waals surface area contributed by atoms with Crippen LogP contribution in [0.15, 0.2) is 36.4 Å². The number of aliphatic hydroxyl groups is 1. The molecule has 0 radical (unpaired) electrons. The van der Waals surface area contributed by atoms with Crippen molar-refractivity contribution in [1.82, 2.24) is 5.01 Å². The maximum Gasteiger partial charge on any atom is 0.328 e. The molecule has 0 saturated heterocycles. The van der Waals surface area contributed by atoms with Gasteiger partial charge < -0.3 is 15.3 Å². The second-order valence-corrected chi connectivity index (χ2v) is 4.76. The predicted octanol–water partition coefficient (Wildman–Crippen LogP) is 0.552. The van der Waals surface area contributed by atoms with Crippen LogP contribution in [-0.4, -0.2) is 44.9 Å². The van der Waals surface area contributed by atoms with Crippen LogP contribution in [0.3, 0.4) is 0 Å². The highest BCUT2D eigenvalue weighted by molar-refractivity contribution is 5.89. The van der Waals surface area contributed by atoms with Gasteiger partial charge in [-0.15, -0.1) is 0 Å². The number of hydrogen-bond acceptors (Lipinski definition) is 5. The minimum atomic E-state index is -1.26. The fourth-order valence-corrected chi connectivity index (χ4v) is 2.23. The maximum absolute atomic E-state index is 10.0. The molecule has 5 N–H and O–H groups in total. The third-order valence-corrected chi connectivity index (χ3v) is 3.33. The first-order chi connectivity index (χ1) is 10.4. The molecule has 2 atom stereocenters. The molecule has 1 aliphatic carbocycles. The van der Waals surface area contributed by atoms with Crippen molar-refractivity contribution in [2.45, 2.75) is 25.5 Å².